The first-order valence-electron chi connectivity index (χ1n) is 10.9. The van der Waals surface area contributed by atoms with Crippen LogP contribution in [0.15, 0.2) is 72.4 Å². The van der Waals surface area contributed by atoms with Gasteiger partial charge in [-0.1, -0.05) is 41.9 Å². The highest BCUT2D eigenvalue weighted by Crippen LogP contribution is 2.47. The molecule has 3 aromatic carbocycles. The molecule has 0 spiro atoms. The molecule has 1 aliphatic rings. The molecule has 1 aliphatic heterocycles. The van der Waals surface area contributed by atoms with E-state index < -0.39 is 23.5 Å². The summed E-state index contributed by atoms with van der Waals surface area (Å²) in [4.78, 5) is 31.2. The van der Waals surface area contributed by atoms with Gasteiger partial charge in [0.15, 0.2) is 0 Å². The summed E-state index contributed by atoms with van der Waals surface area (Å²) >= 11 is 6.32. The summed E-state index contributed by atoms with van der Waals surface area (Å²) in [6.07, 6.45) is 1.68. The van der Waals surface area contributed by atoms with Crippen LogP contribution in [0.4, 0.5) is 5.69 Å². The number of ether oxygens (including phenoxy) is 2. The molecule has 0 radical (unpaired) electrons. The van der Waals surface area contributed by atoms with Gasteiger partial charge in [0.1, 0.15) is 23.0 Å². The lowest BCUT2D eigenvalue weighted by Crippen LogP contribution is -2.29. The standard InChI is InChI=1S/C27H21ClN2O6/c1-35-21-12-22(36-2)17(28)11-15(21)25(32)23-24(16-13-29-18-8-4-3-7-14(16)18)30(27(34)26(23)33)19-9-5-6-10-20(19)31/h3-13,24,29,31-32H,1-2H3/b25-23+. The molecule has 9 heteroatoms. The zero-order valence-electron chi connectivity index (χ0n) is 19.3. The van der Waals surface area contributed by atoms with Crippen LogP contribution in [0.1, 0.15) is 17.2 Å². The maximum atomic E-state index is 13.5. The van der Waals surface area contributed by atoms with Gasteiger partial charge in [-0.05, 0) is 24.3 Å². The van der Waals surface area contributed by atoms with Gasteiger partial charge in [0, 0.05) is 28.7 Å². The van der Waals surface area contributed by atoms with Crippen LogP contribution in [-0.4, -0.2) is 41.1 Å². The van der Waals surface area contributed by atoms with Crippen molar-refractivity contribution in [3.05, 3.63) is 88.6 Å². The number of rotatable bonds is 5. The van der Waals surface area contributed by atoms with E-state index in [0.717, 1.165) is 10.9 Å². The maximum Gasteiger partial charge on any atom is 0.300 e. The van der Waals surface area contributed by atoms with Crippen molar-refractivity contribution in [3.8, 4) is 17.2 Å². The highest BCUT2D eigenvalue weighted by atomic mass is 35.5. The van der Waals surface area contributed by atoms with Gasteiger partial charge in [0.2, 0.25) is 0 Å². The molecule has 1 atom stereocenters. The van der Waals surface area contributed by atoms with Crippen molar-refractivity contribution in [2.24, 2.45) is 0 Å². The number of aliphatic hydroxyl groups excluding tert-OH is 1. The zero-order valence-corrected chi connectivity index (χ0v) is 20.0. The van der Waals surface area contributed by atoms with Crippen molar-refractivity contribution in [2.75, 3.05) is 19.1 Å². The molecule has 36 heavy (non-hydrogen) atoms. The van der Waals surface area contributed by atoms with E-state index in [9.17, 15) is 19.8 Å². The van der Waals surface area contributed by atoms with Gasteiger partial charge >= 0.3 is 0 Å². The monoisotopic (exact) mass is 504 g/mol. The number of para-hydroxylation sites is 3. The number of benzene rings is 3. The third kappa shape index (κ3) is 3.54. The first-order chi connectivity index (χ1) is 17.4. The van der Waals surface area contributed by atoms with Gasteiger partial charge in [0.25, 0.3) is 11.7 Å². The van der Waals surface area contributed by atoms with Gasteiger partial charge in [0.05, 0.1) is 42.1 Å². The molecule has 1 aromatic heterocycles. The normalized spacial score (nSPS) is 17.1. The molecule has 8 nitrogen and oxygen atoms in total. The average Bonchev–Trinajstić information content (AvgIpc) is 3.42. The van der Waals surface area contributed by atoms with Crippen LogP contribution < -0.4 is 14.4 Å². The molecule has 3 N–H and O–H groups in total. The number of Topliss-reactive ketones (excluding diaryl/α,β-unsaturated/α-hetero) is 1. The van der Waals surface area contributed by atoms with Crippen molar-refractivity contribution < 1.29 is 29.3 Å². The highest BCUT2D eigenvalue weighted by molar-refractivity contribution is 6.52. The summed E-state index contributed by atoms with van der Waals surface area (Å²) in [7, 11) is 2.84. The molecule has 1 amide bonds. The fourth-order valence-corrected chi connectivity index (χ4v) is 4.79. The molecule has 1 fully saturated rings. The van der Waals surface area contributed by atoms with Crippen molar-refractivity contribution >= 4 is 45.6 Å². The molecule has 0 saturated carbocycles. The second kappa shape index (κ2) is 8.98. The smallest absolute Gasteiger partial charge is 0.300 e. The Kier molecular flexibility index (Phi) is 5.81. The van der Waals surface area contributed by atoms with Crippen LogP contribution in [0.5, 0.6) is 17.2 Å². The van der Waals surface area contributed by atoms with E-state index in [2.05, 4.69) is 4.98 Å². The quantitative estimate of drug-likeness (QED) is 0.196. The molecule has 0 aliphatic carbocycles. The van der Waals surface area contributed by atoms with E-state index in [1.54, 1.807) is 18.3 Å². The number of aromatic amines is 1. The third-order valence-corrected chi connectivity index (χ3v) is 6.53. The molecule has 1 saturated heterocycles. The molecule has 5 rings (SSSR count). The van der Waals surface area contributed by atoms with E-state index in [1.165, 1.54) is 43.4 Å². The number of fused-ring (bicyclic) bond motifs is 1. The predicted molar refractivity (Wildman–Crippen MR) is 136 cm³/mol. The number of anilines is 1. The van der Waals surface area contributed by atoms with Crippen LogP contribution >= 0.6 is 11.6 Å². The Bertz CT molecular complexity index is 1560. The van der Waals surface area contributed by atoms with Gasteiger partial charge < -0.3 is 24.7 Å². The van der Waals surface area contributed by atoms with Gasteiger partial charge in [-0.25, -0.2) is 0 Å². The highest BCUT2D eigenvalue weighted by Gasteiger charge is 2.48. The number of aromatic hydroxyl groups is 1. The third-order valence-electron chi connectivity index (χ3n) is 6.23. The van der Waals surface area contributed by atoms with Crippen LogP contribution in [0.2, 0.25) is 5.02 Å². The number of ketones is 1. The minimum Gasteiger partial charge on any atom is -0.507 e. The summed E-state index contributed by atoms with van der Waals surface area (Å²) in [5.74, 6) is -1.96. The minimum absolute atomic E-state index is 0.114. The van der Waals surface area contributed by atoms with Gasteiger partial charge in [-0.2, -0.15) is 0 Å². The number of H-pyrrole nitrogens is 1. The number of carbonyl (C=O) groups is 2. The van der Waals surface area contributed by atoms with Gasteiger partial charge in [-0.3, -0.25) is 14.5 Å². The summed E-state index contributed by atoms with van der Waals surface area (Å²) < 4.78 is 10.7. The number of halogens is 1. The summed E-state index contributed by atoms with van der Waals surface area (Å²) in [6.45, 7) is 0. The minimum atomic E-state index is -1.06. The Balaban J connectivity index is 1.82. The SMILES string of the molecule is COc1cc(OC)c(/C(O)=C2\C(=O)C(=O)N(c3ccccc3O)C2c2c[nH]c3ccccc23)cc1Cl. The second-order valence-corrected chi connectivity index (χ2v) is 8.54. The Morgan fingerprint density at radius 1 is 1.00 bits per heavy atom. The lowest BCUT2D eigenvalue weighted by Gasteiger charge is -2.25. The lowest BCUT2D eigenvalue weighted by molar-refractivity contribution is -0.132. The van der Waals surface area contributed by atoms with Crippen molar-refractivity contribution in [2.45, 2.75) is 6.04 Å². The second-order valence-electron chi connectivity index (χ2n) is 8.13. The number of phenols is 1. The predicted octanol–water partition coefficient (Wildman–Crippen LogP) is 5.17. The molecule has 1 unspecified atom stereocenters. The molecule has 182 valence electrons. The van der Waals surface area contributed by atoms with Crippen molar-refractivity contribution in [1.29, 1.82) is 0 Å². The number of aliphatic hydroxyl groups is 1. The van der Waals surface area contributed by atoms with E-state index >= 15 is 0 Å². The van der Waals surface area contributed by atoms with E-state index in [4.69, 9.17) is 21.1 Å². The van der Waals surface area contributed by atoms with Crippen LogP contribution in [-0.2, 0) is 9.59 Å². The lowest BCUT2D eigenvalue weighted by atomic mass is 9.94. The first kappa shape index (κ1) is 23.3. The Hall–Kier alpha value is -4.43. The number of nitrogens with one attached hydrogen (secondary N) is 1. The van der Waals surface area contributed by atoms with E-state index in [0.29, 0.717) is 11.3 Å². The number of methoxy groups -OCH3 is 2. The fourth-order valence-electron chi connectivity index (χ4n) is 4.55. The van der Waals surface area contributed by atoms with Crippen molar-refractivity contribution in [3.63, 3.8) is 0 Å². The number of carbonyl (C=O) groups excluding carboxylic acids is 2. The Morgan fingerprint density at radius 2 is 1.69 bits per heavy atom. The number of aromatic nitrogens is 1. The molecular formula is C27H21ClN2O6. The topological polar surface area (TPSA) is 112 Å². The zero-order chi connectivity index (χ0) is 25.6. The van der Waals surface area contributed by atoms with Crippen molar-refractivity contribution in [1.82, 2.24) is 4.98 Å². The number of phenolic OH excluding ortho intramolecular Hbond substituents is 1. The van der Waals surface area contributed by atoms with E-state index in [-0.39, 0.29) is 33.3 Å². The number of hydrogen-bond acceptors (Lipinski definition) is 6. The van der Waals surface area contributed by atoms with Crippen LogP contribution in [0.25, 0.3) is 16.7 Å². The average molecular weight is 505 g/mol. The molecule has 2 heterocycles. The maximum absolute atomic E-state index is 13.5. The first-order valence-corrected chi connectivity index (χ1v) is 11.3. The van der Waals surface area contributed by atoms with Crippen LogP contribution in [0, 0.1) is 0 Å². The molecular weight excluding hydrogens is 484 g/mol. The number of nitrogens with zero attached hydrogens (tertiary/aromatic N) is 1. The summed E-state index contributed by atoms with van der Waals surface area (Å²) in [5, 5.41) is 23.0. The Labute approximate surface area is 210 Å². The molecule has 4 aromatic rings. The fraction of sp³-hybridized carbons (Fsp3) is 0.111. The summed E-state index contributed by atoms with van der Waals surface area (Å²) in [6, 6.07) is 15.4. The Morgan fingerprint density at radius 3 is 2.42 bits per heavy atom. The molecule has 0 bridgehead atoms. The number of hydrogen-bond donors (Lipinski definition) is 3. The number of amides is 1. The summed E-state index contributed by atoms with van der Waals surface area (Å²) in [5.41, 5.74) is 1.42. The largest absolute Gasteiger partial charge is 0.507 e. The van der Waals surface area contributed by atoms with Crippen LogP contribution in [0.3, 0.4) is 0 Å². The van der Waals surface area contributed by atoms with E-state index in [1.807, 2.05) is 24.3 Å². The van der Waals surface area contributed by atoms with Gasteiger partial charge in [-0.15, -0.1) is 0 Å².